The Kier molecular flexibility index (Phi) is 5.75. The minimum atomic E-state index is -2.16. The zero-order valence-corrected chi connectivity index (χ0v) is 20.4. The predicted octanol–water partition coefficient (Wildman–Crippen LogP) is 3.27. The first-order valence-electron chi connectivity index (χ1n) is 11.1. The number of epoxide rings is 1. The van der Waals surface area contributed by atoms with E-state index in [0.717, 1.165) is 11.3 Å². The molecule has 172 valence electrons. The van der Waals surface area contributed by atoms with E-state index in [9.17, 15) is 9.90 Å². The molecule has 1 aliphatic carbocycles. The summed E-state index contributed by atoms with van der Waals surface area (Å²) in [5, 5.41) is 11.7. The van der Waals surface area contributed by atoms with Gasteiger partial charge >= 0.3 is 0 Å². The van der Waals surface area contributed by atoms with Gasteiger partial charge in [-0.2, -0.15) is 0 Å². The van der Waals surface area contributed by atoms with Crippen LogP contribution in [0.15, 0.2) is 24.3 Å². The average Bonchev–Trinajstić information content (AvgIpc) is 3.51. The third-order valence-electron chi connectivity index (χ3n) is 7.50. The van der Waals surface area contributed by atoms with Crippen LogP contribution >= 0.6 is 0 Å². The molecule has 31 heavy (non-hydrogen) atoms. The third-order valence-corrected chi connectivity index (χ3v) is 12.0. The van der Waals surface area contributed by atoms with E-state index in [0.29, 0.717) is 26.0 Å². The topological polar surface area (TPSA) is 80.8 Å². The fourth-order valence-electron chi connectivity index (χ4n) is 4.42. The van der Waals surface area contributed by atoms with Gasteiger partial charge < -0.3 is 19.0 Å². The van der Waals surface area contributed by atoms with Gasteiger partial charge in [0.2, 0.25) is 0 Å². The van der Waals surface area contributed by atoms with Gasteiger partial charge in [-0.25, -0.2) is 5.06 Å². The van der Waals surface area contributed by atoms with E-state index in [-0.39, 0.29) is 29.1 Å². The number of hydroxylamine groups is 2. The number of nitrogens with zero attached hydrogens (tertiary/aromatic N) is 1. The minimum Gasteiger partial charge on any atom is -0.497 e. The molecule has 1 amide bonds. The zero-order chi connectivity index (χ0) is 22.6. The van der Waals surface area contributed by atoms with Crippen LogP contribution in [0.1, 0.15) is 39.2 Å². The maximum Gasteiger partial charge on any atom is 0.254 e. The Bertz CT molecular complexity index is 822. The molecule has 0 spiro atoms. The molecule has 1 N–H and O–H groups in total. The average molecular weight is 450 g/mol. The quantitative estimate of drug-likeness (QED) is 0.391. The molecule has 1 saturated carbocycles. The molecule has 0 bridgehead atoms. The van der Waals surface area contributed by atoms with Crippen molar-refractivity contribution in [2.45, 2.75) is 82.3 Å². The number of hydrogen-bond acceptors (Lipinski definition) is 6. The molecule has 0 radical (unpaired) electrons. The Hall–Kier alpha value is -1.45. The summed E-state index contributed by atoms with van der Waals surface area (Å²) in [4.78, 5) is 19.0. The summed E-state index contributed by atoms with van der Waals surface area (Å²) < 4.78 is 18.0. The van der Waals surface area contributed by atoms with E-state index >= 15 is 0 Å². The van der Waals surface area contributed by atoms with Crippen LogP contribution in [0.5, 0.6) is 5.75 Å². The van der Waals surface area contributed by atoms with Crippen molar-refractivity contribution in [1.29, 1.82) is 0 Å². The smallest absolute Gasteiger partial charge is 0.254 e. The lowest BCUT2D eigenvalue weighted by Crippen LogP contribution is -2.68. The van der Waals surface area contributed by atoms with Gasteiger partial charge in [-0.1, -0.05) is 32.9 Å². The molecule has 1 aromatic carbocycles. The van der Waals surface area contributed by atoms with Crippen LogP contribution in [0.3, 0.4) is 0 Å². The molecule has 7 nitrogen and oxygen atoms in total. The van der Waals surface area contributed by atoms with Gasteiger partial charge in [-0.3, -0.25) is 9.63 Å². The van der Waals surface area contributed by atoms with Crippen LogP contribution in [0, 0.1) is 5.92 Å². The fraction of sp³-hybridized carbons (Fsp3) is 0.696. The number of carbonyl (C=O) groups is 1. The maximum atomic E-state index is 13.2. The second kappa shape index (κ2) is 7.85. The van der Waals surface area contributed by atoms with Crippen LogP contribution in [-0.4, -0.2) is 62.0 Å². The van der Waals surface area contributed by atoms with Gasteiger partial charge in [0.05, 0.1) is 31.3 Å². The summed E-state index contributed by atoms with van der Waals surface area (Å²) in [6, 6.07) is 7.60. The molecule has 2 saturated heterocycles. The normalized spacial score (nSPS) is 33.0. The minimum absolute atomic E-state index is 0.0117. The van der Waals surface area contributed by atoms with Crippen molar-refractivity contribution >= 4 is 14.2 Å². The van der Waals surface area contributed by atoms with Crippen molar-refractivity contribution in [3.05, 3.63) is 29.8 Å². The summed E-state index contributed by atoms with van der Waals surface area (Å²) in [5.41, 5.74) is 0.292. The monoisotopic (exact) mass is 449 g/mol. The van der Waals surface area contributed by atoms with Crippen LogP contribution in [0.25, 0.3) is 0 Å². The molecule has 2 heterocycles. The highest BCUT2D eigenvalue weighted by Gasteiger charge is 2.69. The van der Waals surface area contributed by atoms with Crippen LogP contribution in [0.2, 0.25) is 18.1 Å². The summed E-state index contributed by atoms with van der Waals surface area (Å²) in [6.45, 7) is 11.8. The predicted molar refractivity (Wildman–Crippen MR) is 118 cm³/mol. The number of methoxy groups -OCH3 is 1. The van der Waals surface area contributed by atoms with Crippen molar-refractivity contribution in [1.82, 2.24) is 5.06 Å². The molecule has 3 fully saturated rings. The largest absolute Gasteiger partial charge is 0.497 e. The van der Waals surface area contributed by atoms with Crippen LogP contribution in [0.4, 0.5) is 0 Å². The van der Waals surface area contributed by atoms with E-state index in [2.05, 4.69) is 33.9 Å². The van der Waals surface area contributed by atoms with Crippen LogP contribution in [-0.2, 0) is 25.4 Å². The summed E-state index contributed by atoms with van der Waals surface area (Å²) >= 11 is 0. The highest BCUT2D eigenvalue weighted by atomic mass is 28.4. The number of aliphatic hydroxyl groups excluding tert-OH is 1. The second-order valence-electron chi connectivity index (χ2n) is 10.5. The number of rotatable bonds is 7. The van der Waals surface area contributed by atoms with E-state index in [1.165, 1.54) is 5.06 Å². The van der Waals surface area contributed by atoms with Gasteiger partial charge in [0.15, 0.2) is 8.32 Å². The Morgan fingerprint density at radius 2 is 1.94 bits per heavy atom. The van der Waals surface area contributed by atoms with Crippen molar-refractivity contribution < 1.29 is 28.6 Å². The SMILES string of the molecule is COc1ccc(CON2C[C@H]([C@]3(O[Si](C)(C)C(C)(C)C)CC[C@H](O)[C@@H]4O[C@@H]43)C2=O)cc1. The number of β-lactam (4-membered cyclic amide) rings is 1. The molecule has 8 heteroatoms. The van der Waals surface area contributed by atoms with Gasteiger partial charge in [-0.15, -0.1) is 0 Å². The Balaban J connectivity index is 1.45. The molecular formula is C23H35NO6Si. The lowest BCUT2D eigenvalue weighted by molar-refractivity contribution is -0.244. The molecule has 1 aromatic rings. The first kappa shape index (κ1) is 22.7. The summed E-state index contributed by atoms with van der Waals surface area (Å²) in [6.07, 6.45) is 0.305. The Morgan fingerprint density at radius 3 is 2.52 bits per heavy atom. The second-order valence-corrected chi connectivity index (χ2v) is 15.2. The Labute approximate surface area is 185 Å². The number of benzene rings is 1. The van der Waals surface area contributed by atoms with Crippen molar-refractivity contribution in [2.24, 2.45) is 5.92 Å². The summed E-state index contributed by atoms with van der Waals surface area (Å²) in [7, 11) is -0.534. The zero-order valence-electron chi connectivity index (χ0n) is 19.4. The molecule has 0 aromatic heterocycles. The number of hydrogen-bond donors (Lipinski definition) is 1. The van der Waals surface area contributed by atoms with E-state index < -0.39 is 20.0 Å². The van der Waals surface area contributed by atoms with E-state index in [1.807, 2.05) is 24.3 Å². The van der Waals surface area contributed by atoms with Crippen molar-refractivity contribution in [3.63, 3.8) is 0 Å². The van der Waals surface area contributed by atoms with E-state index in [4.69, 9.17) is 18.7 Å². The maximum absolute atomic E-state index is 13.2. The number of carbonyl (C=O) groups excluding carboxylic acids is 1. The summed E-state index contributed by atoms with van der Waals surface area (Å²) in [5.74, 6) is 0.421. The Morgan fingerprint density at radius 1 is 1.26 bits per heavy atom. The van der Waals surface area contributed by atoms with Crippen molar-refractivity contribution in [2.75, 3.05) is 13.7 Å². The lowest BCUT2D eigenvalue weighted by Gasteiger charge is -2.53. The molecule has 5 atom stereocenters. The lowest BCUT2D eigenvalue weighted by atomic mass is 9.71. The van der Waals surface area contributed by atoms with E-state index in [1.54, 1.807) is 7.11 Å². The highest BCUT2D eigenvalue weighted by molar-refractivity contribution is 6.74. The van der Waals surface area contributed by atoms with Gasteiger partial charge in [-0.05, 0) is 48.7 Å². The third kappa shape index (κ3) is 4.04. The first-order valence-corrected chi connectivity index (χ1v) is 14.0. The fourth-order valence-corrected chi connectivity index (χ4v) is 6.04. The number of fused-ring (bicyclic) bond motifs is 1. The number of ether oxygens (including phenoxy) is 2. The highest BCUT2D eigenvalue weighted by Crippen LogP contribution is 2.55. The molecule has 4 rings (SSSR count). The molecule has 2 aliphatic heterocycles. The van der Waals surface area contributed by atoms with Gasteiger partial charge in [0.25, 0.3) is 5.91 Å². The molecule has 3 aliphatic rings. The molecular weight excluding hydrogens is 414 g/mol. The molecule has 0 unspecified atom stereocenters. The first-order chi connectivity index (χ1) is 14.5. The van der Waals surface area contributed by atoms with Crippen molar-refractivity contribution in [3.8, 4) is 5.75 Å². The van der Waals surface area contributed by atoms with Crippen LogP contribution < -0.4 is 4.74 Å². The standard InChI is InChI=1S/C23H35NO6Si/c1-22(2,3)31(5,6)30-23(12-11-18(25)19-20(23)29-19)17-13-24(21(17)26)28-14-15-7-9-16(27-4)10-8-15/h7-10,17-20,25H,11-14H2,1-6H3/t17-,18-,19-,20-,23+/m0/s1. The van der Waals surface area contributed by atoms with Gasteiger partial charge in [0, 0.05) is 0 Å². The number of amides is 1. The number of aliphatic hydroxyl groups is 1. The van der Waals surface area contributed by atoms with Gasteiger partial charge in [0.1, 0.15) is 24.6 Å².